The van der Waals surface area contributed by atoms with Crippen molar-refractivity contribution in [2.24, 2.45) is 10.9 Å². The Labute approximate surface area is 208 Å². The number of ether oxygens (including phenoxy) is 1. The molecule has 33 heavy (non-hydrogen) atoms. The number of nitrogens with zero attached hydrogens (tertiary/aromatic N) is 3. The van der Waals surface area contributed by atoms with Gasteiger partial charge >= 0.3 is 0 Å². The maximum Gasteiger partial charge on any atom is 0.262 e. The van der Waals surface area contributed by atoms with Crippen LogP contribution in [0.5, 0.6) is 0 Å². The van der Waals surface area contributed by atoms with Crippen LogP contribution >= 0.6 is 35.0 Å². The van der Waals surface area contributed by atoms with E-state index in [1.807, 2.05) is 41.3 Å². The monoisotopic (exact) mass is 501 g/mol. The maximum atomic E-state index is 13.5. The molecule has 0 saturated carbocycles. The fraction of sp³-hybridized carbons (Fsp3) is 0.360. The van der Waals surface area contributed by atoms with Crippen LogP contribution < -0.4 is 0 Å². The lowest BCUT2D eigenvalue weighted by Crippen LogP contribution is -2.41. The molecule has 3 aliphatic heterocycles. The van der Waals surface area contributed by atoms with Gasteiger partial charge in [0.1, 0.15) is 10.9 Å². The molecule has 0 aliphatic carbocycles. The molecular weight excluding hydrogens is 477 g/mol. The molecule has 0 N–H and O–H groups in total. The predicted molar refractivity (Wildman–Crippen MR) is 135 cm³/mol. The van der Waals surface area contributed by atoms with Crippen LogP contribution in [0.1, 0.15) is 37.1 Å². The first-order chi connectivity index (χ1) is 15.9. The molecule has 0 radical (unpaired) electrons. The van der Waals surface area contributed by atoms with Crippen molar-refractivity contribution in [3.8, 4) is 0 Å². The third kappa shape index (κ3) is 4.30. The van der Waals surface area contributed by atoms with E-state index in [0.29, 0.717) is 36.3 Å². The van der Waals surface area contributed by atoms with E-state index < -0.39 is 0 Å². The second kappa shape index (κ2) is 9.34. The zero-order valence-corrected chi connectivity index (χ0v) is 20.8. The minimum Gasteiger partial charge on any atom is -0.378 e. The zero-order valence-electron chi connectivity index (χ0n) is 18.5. The number of benzene rings is 2. The van der Waals surface area contributed by atoms with E-state index in [4.69, 9.17) is 32.9 Å². The van der Waals surface area contributed by atoms with Gasteiger partial charge in [0, 0.05) is 28.8 Å². The molecule has 1 saturated heterocycles. The van der Waals surface area contributed by atoms with E-state index in [0.717, 1.165) is 26.9 Å². The van der Waals surface area contributed by atoms with Crippen molar-refractivity contribution in [1.82, 2.24) is 9.80 Å². The second-order valence-electron chi connectivity index (χ2n) is 8.65. The SMILES string of the molecule is CC(C)C1=C(C(=O)N2CCOCC2)SC2=NC(c3ccc(Cl)cc3)C(c3ccc(Cl)cc3)N21. The summed E-state index contributed by atoms with van der Waals surface area (Å²) in [7, 11) is 0. The highest BCUT2D eigenvalue weighted by molar-refractivity contribution is 8.18. The molecule has 2 aromatic rings. The third-order valence-electron chi connectivity index (χ3n) is 6.18. The van der Waals surface area contributed by atoms with Crippen molar-refractivity contribution >= 4 is 46.0 Å². The third-order valence-corrected chi connectivity index (χ3v) is 7.76. The van der Waals surface area contributed by atoms with Gasteiger partial charge in [0.2, 0.25) is 0 Å². The van der Waals surface area contributed by atoms with Crippen molar-refractivity contribution in [1.29, 1.82) is 0 Å². The molecule has 2 atom stereocenters. The number of fused-ring (bicyclic) bond motifs is 1. The van der Waals surface area contributed by atoms with Crippen LogP contribution in [0.25, 0.3) is 0 Å². The normalized spacial score (nSPS) is 22.8. The molecule has 1 fully saturated rings. The summed E-state index contributed by atoms with van der Waals surface area (Å²) < 4.78 is 5.45. The molecule has 0 bridgehead atoms. The summed E-state index contributed by atoms with van der Waals surface area (Å²) in [5, 5.41) is 2.26. The van der Waals surface area contributed by atoms with Crippen molar-refractivity contribution in [2.45, 2.75) is 25.9 Å². The largest absolute Gasteiger partial charge is 0.378 e. The molecule has 3 aliphatic rings. The fourth-order valence-corrected chi connectivity index (χ4v) is 6.17. The van der Waals surface area contributed by atoms with Gasteiger partial charge in [0.05, 0.1) is 19.3 Å². The molecule has 8 heteroatoms. The van der Waals surface area contributed by atoms with Gasteiger partial charge in [-0.1, -0.05) is 61.3 Å². The van der Waals surface area contributed by atoms with Crippen LogP contribution in [-0.2, 0) is 9.53 Å². The molecule has 0 aromatic heterocycles. The van der Waals surface area contributed by atoms with E-state index in [9.17, 15) is 4.79 Å². The number of rotatable bonds is 4. The van der Waals surface area contributed by atoms with Gasteiger partial charge in [0.25, 0.3) is 5.91 Å². The van der Waals surface area contributed by atoms with E-state index in [2.05, 4.69) is 30.9 Å². The number of hydrogen-bond acceptors (Lipinski definition) is 5. The number of allylic oxidation sites excluding steroid dienone is 1. The van der Waals surface area contributed by atoms with E-state index in [-0.39, 0.29) is 23.9 Å². The standard InChI is InChI=1S/C25H25Cl2N3O2S/c1-15(2)21-23(24(31)29-11-13-32-14-12-29)33-25-28-20(16-3-7-18(26)8-4-16)22(30(21)25)17-5-9-19(27)10-6-17/h3-10,15,20,22H,11-14H2,1-2H3. The Balaban J connectivity index is 1.58. The lowest BCUT2D eigenvalue weighted by molar-refractivity contribution is -0.130. The van der Waals surface area contributed by atoms with Crippen LogP contribution in [0.15, 0.2) is 64.1 Å². The van der Waals surface area contributed by atoms with E-state index in [1.165, 1.54) is 11.8 Å². The van der Waals surface area contributed by atoms with Crippen LogP contribution in [0, 0.1) is 5.92 Å². The van der Waals surface area contributed by atoms with E-state index in [1.54, 1.807) is 0 Å². The Bertz CT molecular complexity index is 1110. The van der Waals surface area contributed by atoms with Crippen LogP contribution in [0.2, 0.25) is 10.0 Å². The summed E-state index contributed by atoms with van der Waals surface area (Å²) in [6.07, 6.45) is 0. The van der Waals surface area contributed by atoms with Crippen molar-refractivity contribution in [3.63, 3.8) is 0 Å². The number of thioether (sulfide) groups is 1. The number of carbonyl (C=O) groups excluding carboxylic acids is 1. The lowest BCUT2D eigenvalue weighted by Gasteiger charge is -2.32. The Morgan fingerprint density at radius 2 is 1.58 bits per heavy atom. The zero-order chi connectivity index (χ0) is 23.1. The van der Waals surface area contributed by atoms with Crippen molar-refractivity contribution in [3.05, 3.63) is 80.3 Å². The number of amides is 1. The predicted octanol–water partition coefficient (Wildman–Crippen LogP) is 5.92. The summed E-state index contributed by atoms with van der Waals surface area (Å²) in [6.45, 7) is 6.68. The van der Waals surface area contributed by atoms with Crippen LogP contribution in [0.4, 0.5) is 0 Å². The topological polar surface area (TPSA) is 45.1 Å². The summed E-state index contributed by atoms with van der Waals surface area (Å²) in [5.74, 6) is 0.228. The van der Waals surface area contributed by atoms with Gasteiger partial charge in [-0.15, -0.1) is 0 Å². The summed E-state index contributed by atoms with van der Waals surface area (Å²) in [6, 6.07) is 15.6. The minimum absolute atomic E-state index is 0.0710. The quantitative estimate of drug-likeness (QED) is 0.521. The number of carbonyl (C=O) groups is 1. The summed E-state index contributed by atoms with van der Waals surface area (Å²) in [4.78, 5) is 23.6. The average Bonchev–Trinajstić information content (AvgIpc) is 3.36. The average molecular weight is 502 g/mol. The fourth-order valence-electron chi connectivity index (χ4n) is 4.61. The smallest absolute Gasteiger partial charge is 0.262 e. The maximum absolute atomic E-state index is 13.5. The highest BCUT2D eigenvalue weighted by atomic mass is 35.5. The number of aliphatic imine (C=N–C) groups is 1. The molecule has 5 rings (SSSR count). The number of morpholine rings is 1. The second-order valence-corrected chi connectivity index (χ2v) is 10.5. The minimum atomic E-state index is -0.111. The van der Waals surface area contributed by atoms with Crippen molar-refractivity contribution < 1.29 is 9.53 Å². The molecule has 2 unspecified atom stereocenters. The summed E-state index contributed by atoms with van der Waals surface area (Å²) in [5.41, 5.74) is 3.23. The molecule has 0 spiro atoms. The van der Waals surface area contributed by atoms with Crippen LogP contribution in [0.3, 0.4) is 0 Å². The van der Waals surface area contributed by atoms with Gasteiger partial charge in [-0.2, -0.15) is 0 Å². The first-order valence-electron chi connectivity index (χ1n) is 11.1. The van der Waals surface area contributed by atoms with Crippen LogP contribution in [-0.4, -0.2) is 47.2 Å². The first-order valence-corrected chi connectivity index (χ1v) is 12.7. The highest BCUT2D eigenvalue weighted by Crippen LogP contribution is 2.53. The molecule has 1 amide bonds. The number of amidine groups is 1. The van der Waals surface area contributed by atoms with Gasteiger partial charge in [-0.3, -0.25) is 9.79 Å². The van der Waals surface area contributed by atoms with Gasteiger partial charge in [-0.25, -0.2) is 0 Å². The van der Waals surface area contributed by atoms with E-state index >= 15 is 0 Å². The van der Waals surface area contributed by atoms with Gasteiger partial charge in [-0.05, 0) is 53.1 Å². The Hall–Kier alpha value is -1.99. The number of hydrogen-bond donors (Lipinski definition) is 0. The van der Waals surface area contributed by atoms with Gasteiger partial charge in [0.15, 0.2) is 5.17 Å². The molecule has 3 heterocycles. The Morgan fingerprint density at radius 3 is 2.15 bits per heavy atom. The highest BCUT2D eigenvalue weighted by Gasteiger charge is 2.47. The lowest BCUT2D eigenvalue weighted by atomic mass is 9.92. The molecular formula is C25H25Cl2N3O2S. The molecule has 172 valence electrons. The summed E-state index contributed by atoms with van der Waals surface area (Å²) >= 11 is 13.8. The number of halogens is 2. The van der Waals surface area contributed by atoms with Gasteiger partial charge < -0.3 is 14.5 Å². The Kier molecular flexibility index (Phi) is 6.45. The molecule has 2 aromatic carbocycles. The Morgan fingerprint density at radius 1 is 1.00 bits per heavy atom. The van der Waals surface area contributed by atoms with Crippen molar-refractivity contribution in [2.75, 3.05) is 26.3 Å². The first kappa shape index (κ1) is 22.8. The molecule has 5 nitrogen and oxygen atoms in total.